The number of amides is 4. The van der Waals surface area contributed by atoms with Gasteiger partial charge in [0.1, 0.15) is 18.3 Å². The van der Waals surface area contributed by atoms with Crippen molar-refractivity contribution in [1.29, 1.82) is 0 Å². The third-order valence-corrected chi connectivity index (χ3v) is 6.71. The number of fused-ring (bicyclic) bond motifs is 2. The summed E-state index contributed by atoms with van der Waals surface area (Å²) in [7, 11) is 0. The van der Waals surface area contributed by atoms with Gasteiger partial charge in [-0.3, -0.25) is 28.8 Å². The molecule has 11 nitrogen and oxygen atoms in total. The molecule has 203 valence electrons. The number of pyridine rings is 1. The van der Waals surface area contributed by atoms with Crippen molar-refractivity contribution < 1.29 is 103 Å². The van der Waals surface area contributed by atoms with Gasteiger partial charge in [0.05, 0.1) is 0 Å². The normalized spacial score (nSPS) is 19.8. The number of nitrogens with zero attached hydrogens (tertiary/aromatic N) is 1. The molecule has 1 heterocycles. The van der Waals surface area contributed by atoms with Crippen LogP contribution in [0.2, 0.25) is 0 Å². The van der Waals surface area contributed by atoms with E-state index in [0.29, 0.717) is 24.9 Å². The Bertz CT molecular complexity index is 1070. The predicted molar refractivity (Wildman–Crippen MR) is 131 cm³/mol. The molecule has 0 aliphatic heterocycles. The van der Waals surface area contributed by atoms with E-state index in [0.717, 1.165) is 18.8 Å². The number of carbonyl (C=O) groups excluding carboxylic acids is 5. The van der Waals surface area contributed by atoms with E-state index in [4.69, 9.17) is 0 Å². The van der Waals surface area contributed by atoms with Crippen molar-refractivity contribution in [3.63, 3.8) is 0 Å². The van der Waals surface area contributed by atoms with Gasteiger partial charge >= 0.3 is 58.2 Å². The molecule has 0 aromatic carbocycles. The van der Waals surface area contributed by atoms with Crippen molar-refractivity contribution in [1.82, 2.24) is 20.5 Å². The van der Waals surface area contributed by atoms with Crippen LogP contribution in [0, 0.1) is 24.2 Å². The summed E-state index contributed by atoms with van der Waals surface area (Å²) < 4.78 is 1.20. The van der Waals surface area contributed by atoms with Crippen molar-refractivity contribution >= 4 is 35.1 Å². The van der Waals surface area contributed by atoms with Crippen LogP contribution in [0.5, 0.6) is 0 Å². The number of hydrogen-bond donors (Lipinski definition) is 4. The molecule has 4 N–H and O–H groups in total. The first-order chi connectivity index (χ1) is 17.2. The van der Waals surface area contributed by atoms with E-state index in [1.54, 1.807) is 6.92 Å². The summed E-state index contributed by atoms with van der Waals surface area (Å²) in [5.41, 5.74) is -0.642. The minimum absolute atomic E-state index is 0. The van der Waals surface area contributed by atoms with E-state index in [9.17, 15) is 28.8 Å². The van der Waals surface area contributed by atoms with Gasteiger partial charge in [0, 0.05) is 53.1 Å². The summed E-state index contributed by atoms with van der Waals surface area (Å²) >= 11 is 0. The average molecular weight is 772 g/mol. The third kappa shape index (κ3) is 10.2. The molecule has 4 atom stereocenters. The van der Waals surface area contributed by atoms with E-state index >= 15 is 0 Å². The summed E-state index contributed by atoms with van der Waals surface area (Å²) in [4.78, 5) is 73.2. The summed E-state index contributed by atoms with van der Waals surface area (Å²) in [5, 5.41) is 10.2. The van der Waals surface area contributed by atoms with Crippen LogP contribution in [-0.2, 0) is 50.9 Å². The van der Waals surface area contributed by atoms with Crippen LogP contribution in [0.3, 0.4) is 0 Å². The third-order valence-electron chi connectivity index (χ3n) is 6.71. The summed E-state index contributed by atoms with van der Waals surface area (Å²) in [5.74, 6) is -1.23. The molecule has 1 aromatic rings. The molecule has 3 saturated carbocycles. The van der Waals surface area contributed by atoms with Crippen LogP contribution in [-0.4, -0.2) is 53.1 Å². The average Bonchev–Trinajstić information content (AvgIpc) is 2.82. The van der Waals surface area contributed by atoms with Gasteiger partial charge in [-0.2, -0.15) is 11.8 Å². The molecule has 3 unspecified atom stereocenters. The first-order valence-corrected chi connectivity index (χ1v) is 12.4. The molecule has 3 aliphatic rings. The predicted octanol–water partition coefficient (Wildman–Crippen LogP) is -2.86. The van der Waals surface area contributed by atoms with Gasteiger partial charge in [-0.25, -0.2) is 0 Å². The molecular formula is C25H34N5O6RbRe. The van der Waals surface area contributed by atoms with Crippen LogP contribution < -0.4 is 85.0 Å². The van der Waals surface area contributed by atoms with Crippen LogP contribution in [0.15, 0.2) is 23.1 Å². The standard InChI is InChI=1S/C25H34N5O6.Rb.Re/c1-3-26-24(35)21(32)9-8-19(28-15(2)31)23(34)29-20-5-4-10-30(25(20)36)14-22(33)27-13-17-7-6-16-11-18(17)12-16;;/h4-5,10-11,16-19H,3,6-9,12-14H2,1-2H3,(H,26,35)(H,27,33)(H,28,31)(H,29,34);;/q-1;+1;/t16?,17?,18?,19-;;/m0../s1. The summed E-state index contributed by atoms with van der Waals surface area (Å²) in [6, 6.07) is 1.79. The monoisotopic (exact) mass is 772 g/mol. The Kier molecular flexibility index (Phi) is 15.6. The minimum atomic E-state index is -1.13. The van der Waals surface area contributed by atoms with Gasteiger partial charge in [-0.15, -0.1) is 6.42 Å². The van der Waals surface area contributed by atoms with Crippen molar-refractivity contribution in [3.05, 3.63) is 35.1 Å². The fourth-order valence-electron chi connectivity index (χ4n) is 4.71. The molecule has 0 saturated heterocycles. The van der Waals surface area contributed by atoms with Gasteiger partial charge in [-0.05, 0) is 31.4 Å². The molecule has 13 heteroatoms. The molecular weight excluding hydrogens is 738 g/mol. The molecule has 4 rings (SSSR count). The molecule has 3 fully saturated rings. The second kappa shape index (κ2) is 16.9. The first kappa shape index (κ1) is 35.0. The van der Waals surface area contributed by atoms with Crippen LogP contribution in [0.4, 0.5) is 5.69 Å². The zero-order valence-corrected chi connectivity index (χ0v) is 29.7. The number of anilines is 1. The number of aromatic nitrogens is 1. The van der Waals surface area contributed by atoms with Crippen LogP contribution in [0.1, 0.15) is 46.0 Å². The van der Waals surface area contributed by atoms with Gasteiger partial charge < -0.3 is 32.3 Å². The number of ketones is 1. The fraction of sp³-hybridized carbons (Fsp3) is 0.560. The Morgan fingerprint density at radius 1 is 1.16 bits per heavy atom. The smallest absolute Gasteiger partial charge is 0.354 e. The molecule has 3 aliphatic carbocycles. The van der Waals surface area contributed by atoms with Crippen LogP contribution >= 0.6 is 0 Å². The maximum Gasteiger partial charge on any atom is 1.00 e. The van der Waals surface area contributed by atoms with Gasteiger partial charge in [-0.1, -0.05) is 12.8 Å². The van der Waals surface area contributed by atoms with Gasteiger partial charge in [0.25, 0.3) is 11.5 Å². The Hall–Kier alpha value is -1.03. The zero-order valence-electron chi connectivity index (χ0n) is 22.1. The minimum Gasteiger partial charge on any atom is -0.354 e. The number of hydrogen-bond acceptors (Lipinski definition) is 6. The number of carbonyl (C=O) groups is 5. The zero-order chi connectivity index (χ0) is 26.2. The molecule has 1 radical (unpaired) electrons. The first-order valence-electron chi connectivity index (χ1n) is 12.4. The van der Waals surface area contributed by atoms with Crippen LogP contribution in [0.25, 0.3) is 0 Å². The number of likely N-dealkylation sites (N-methyl/N-ethyl adjacent to an activating group) is 1. The van der Waals surface area contributed by atoms with Gasteiger partial charge in [0.2, 0.25) is 23.5 Å². The number of rotatable bonds is 12. The molecule has 2 bridgehead atoms. The van der Waals surface area contributed by atoms with E-state index in [2.05, 4.69) is 27.7 Å². The van der Waals surface area contributed by atoms with Gasteiger partial charge in [0.15, 0.2) is 0 Å². The topological polar surface area (TPSA) is 155 Å². The summed E-state index contributed by atoms with van der Waals surface area (Å²) in [6.07, 6.45) is 6.89. The molecule has 4 amide bonds. The summed E-state index contributed by atoms with van der Waals surface area (Å²) in [6.45, 7) is 3.56. The quantitative estimate of drug-likeness (QED) is 0.133. The van der Waals surface area contributed by atoms with Crippen molar-refractivity contribution in [3.8, 4) is 0 Å². The molecule has 1 aromatic heterocycles. The van der Waals surface area contributed by atoms with E-state index < -0.39 is 35.1 Å². The SMILES string of the molecule is CCNC(=O)C(=O)CC[C@H](NC(C)=O)C(=O)Nc1cccn(CC(=O)NCC2CCC3[CH-]C2C3)c1=O.[Rb+].[Re]. The second-order valence-electron chi connectivity index (χ2n) is 9.41. The van der Waals surface area contributed by atoms with E-state index in [-0.39, 0.29) is 110 Å². The van der Waals surface area contributed by atoms with Crippen molar-refractivity contribution in [2.75, 3.05) is 18.4 Å². The number of Topliss-reactive ketones (excluding diaryl/α,β-unsaturated/α-hetero) is 1. The largest absolute Gasteiger partial charge is 1.00 e. The van der Waals surface area contributed by atoms with Crippen molar-refractivity contribution in [2.24, 2.45) is 17.8 Å². The maximum absolute atomic E-state index is 12.8. The Balaban J connectivity index is 0.00000361. The number of nitrogens with one attached hydrogen (secondary N) is 4. The van der Waals surface area contributed by atoms with E-state index in [1.165, 1.54) is 36.2 Å². The fourth-order valence-corrected chi connectivity index (χ4v) is 4.71. The molecule has 0 spiro atoms. The van der Waals surface area contributed by atoms with E-state index in [1.807, 2.05) is 0 Å². The Labute approximate surface area is 284 Å². The second-order valence-corrected chi connectivity index (χ2v) is 9.41. The Morgan fingerprint density at radius 3 is 2.47 bits per heavy atom. The van der Waals surface area contributed by atoms with Crippen molar-refractivity contribution in [2.45, 2.75) is 58.5 Å². The maximum atomic E-state index is 12.8. The molecule has 38 heavy (non-hydrogen) atoms. The Morgan fingerprint density at radius 2 is 1.87 bits per heavy atom.